The number of nitrogens with zero attached hydrogens (tertiary/aromatic N) is 4. The molecule has 0 unspecified atom stereocenters. The summed E-state index contributed by atoms with van der Waals surface area (Å²) >= 11 is 12.9. The summed E-state index contributed by atoms with van der Waals surface area (Å²) in [4.78, 5) is 12.3. The molecule has 1 amide bonds. The molecule has 0 bridgehead atoms. The van der Waals surface area contributed by atoms with E-state index in [0.717, 1.165) is 21.2 Å². The van der Waals surface area contributed by atoms with Gasteiger partial charge in [-0.15, -0.1) is 0 Å². The van der Waals surface area contributed by atoms with Crippen LogP contribution in [-0.4, -0.2) is 25.5 Å². The van der Waals surface area contributed by atoms with E-state index in [9.17, 15) is 4.79 Å². The minimum Gasteiger partial charge on any atom is -0.470 e. The molecule has 1 aromatic carbocycles. The summed E-state index contributed by atoms with van der Waals surface area (Å²) in [6.45, 7) is 3.21. The van der Waals surface area contributed by atoms with Crippen molar-refractivity contribution in [1.82, 2.24) is 24.9 Å². The molecule has 0 atom stereocenters. The van der Waals surface area contributed by atoms with Crippen molar-refractivity contribution in [2.24, 2.45) is 0 Å². The maximum absolute atomic E-state index is 12.3. The zero-order chi connectivity index (χ0) is 19.4. The summed E-state index contributed by atoms with van der Waals surface area (Å²) in [6.07, 6.45) is 3.39. The van der Waals surface area contributed by atoms with Gasteiger partial charge in [0.2, 0.25) is 0 Å². The number of aromatic nitrogens is 4. The van der Waals surface area contributed by atoms with Crippen LogP contribution in [0.2, 0.25) is 5.02 Å². The van der Waals surface area contributed by atoms with Gasteiger partial charge in [0.15, 0.2) is 6.73 Å². The van der Waals surface area contributed by atoms with Crippen molar-refractivity contribution >= 4 is 49.4 Å². The predicted octanol–water partition coefficient (Wildman–Crippen LogP) is 4.24. The van der Waals surface area contributed by atoms with Crippen molar-refractivity contribution in [3.05, 3.63) is 62.0 Å². The molecule has 0 spiro atoms. The van der Waals surface area contributed by atoms with Crippen molar-refractivity contribution in [2.45, 2.75) is 26.7 Å². The smallest absolute Gasteiger partial charge is 0.272 e. The lowest BCUT2D eigenvalue weighted by atomic mass is 10.3. The van der Waals surface area contributed by atoms with Crippen molar-refractivity contribution in [2.75, 3.05) is 0 Å². The number of halogens is 3. The lowest BCUT2D eigenvalue weighted by Crippen LogP contribution is -2.25. The first-order valence-corrected chi connectivity index (χ1v) is 10.0. The van der Waals surface area contributed by atoms with E-state index in [1.54, 1.807) is 30.6 Å². The first-order valence-electron chi connectivity index (χ1n) is 8.07. The molecular formula is C17H16Br2ClN5O2. The number of amides is 1. The van der Waals surface area contributed by atoms with E-state index in [-0.39, 0.29) is 12.6 Å². The Kier molecular flexibility index (Phi) is 6.56. The van der Waals surface area contributed by atoms with Gasteiger partial charge in [-0.05, 0) is 47.1 Å². The third kappa shape index (κ3) is 4.91. The van der Waals surface area contributed by atoms with E-state index < -0.39 is 0 Å². The molecule has 10 heteroatoms. The van der Waals surface area contributed by atoms with Crippen LogP contribution < -0.4 is 10.1 Å². The van der Waals surface area contributed by atoms with Gasteiger partial charge in [0.05, 0.1) is 27.9 Å². The highest BCUT2D eigenvalue weighted by molar-refractivity contribution is 9.10. The van der Waals surface area contributed by atoms with Crippen LogP contribution in [-0.2, 0) is 19.8 Å². The highest BCUT2D eigenvalue weighted by Gasteiger charge is 2.13. The lowest BCUT2D eigenvalue weighted by Gasteiger charge is -2.08. The Balaban J connectivity index is 1.58. The third-order valence-electron chi connectivity index (χ3n) is 3.73. The molecular weight excluding hydrogens is 501 g/mol. The van der Waals surface area contributed by atoms with Gasteiger partial charge < -0.3 is 10.1 Å². The van der Waals surface area contributed by atoms with Crippen LogP contribution in [0.1, 0.15) is 23.1 Å². The number of hydrogen-bond acceptors (Lipinski definition) is 4. The fraction of sp³-hybridized carbons (Fsp3) is 0.235. The molecule has 27 heavy (non-hydrogen) atoms. The minimum absolute atomic E-state index is 0.142. The highest BCUT2D eigenvalue weighted by Crippen LogP contribution is 2.27. The lowest BCUT2D eigenvalue weighted by molar-refractivity contribution is 0.0942. The van der Waals surface area contributed by atoms with Crippen LogP contribution in [0.15, 0.2) is 45.6 Å². The molecule has 0 fully saturated rings. The summed E-state index contributed by atoms with van der Waals surface area (Å²) in [5.41, 5.74) is 1.21. The molecule has 3 rings (SSSR count). The Morgan fingerprint density at radius 2 is 2.15 bits per heavy atom. The van der Waals surface area contributed by atoms with Crippen molar-refractivity contribution in [3.8, 4) is 5.75 Å². The van der Waals surface area contributed by atoms with Crippen molar-refractivity contribution < 1.29 is 9.53 Å². The Hall–Kier alpha value is -1.84. The number of benzene rings is 1. The van der Waals surface area contributed by atoms with E-state index in [1.165, 1.54) is 4.68 Å². The maximum Gasteiger partial charge on any atom is 0.272 e. The quantitative estimate of drug-likeness (QED) is 0.509. The second kappa shape index (κ2) is 8.90. The summed E-state index contributed by atoms with van der Waals surface area (Å²) < 4.78 is 10.7. The molecule has 0 saturated carbocycles. The first kappa shape index (κ1) is 19.9. The fourth-order valence-electron chi connectivity index (χ4n) is 2.37. The number of aryl methyl sites for hydroxylation is 1. The van der Waals surface area contributed by atoms with Gasteiger partial charge >= 0.3 is 0 Å². The Morgan fingerprint density at radius 1 is 1.33 bits per heavy atom. The van der Waals surface area contributed by atoms with Crippen molar-refractivity contribution in [1.29, 1.82) is 0 Å². The zero-order valence-electron chi connectivity index (χ0n) is 14.3. The molecule has 1 N–H and O–H groups in total. The predicted molar refractivity (Wildman–Crippen MR) is 109 cm³/mol. The zero-order valence-corrected chi connectivity index (χ0v) is 18.3. The summed E-state index contributed by atoms with van der Waals surface area (Å²) in [7, 11) is 0. The molecule has 142 valence electrons. The number of carbonyl (C=O) groups is 1. The van der Waals surface area contributed by atoms with Crippen LogP contribution >= 0.6 is 43.5 Å². The van der Waals surface area contributed by atoms with Gasteiger partial charge in [-0.3, -0.25) is 9.48 Å². The van der Waals surface area contributed by atoms with Gasteiger partial charge in [-0.25, -0.2) is 4.68 Å². The fourth-order valence-corrected chi connectivity index (χ4v) is 3.54. The average molecular weight is 518 g/mol. The van der Waals surface area contributed by atoms with Crippen molar-refractivity contribution in [3.63, 3.8) is 0 Å². The van der Waals surface area contributed by atoms with Crippen LogP contribution in [0, 0.1) is 0 Å². The normalized spacial score (nSPS) is 10.8. The summed E-state index contributed by atoms with van der Waals surface area (Å²) in [5, 5.41) is 11.8. The van der Waals surface area contributed by atoms with E-state index in [0.29, 0.717) is 23.0 Å². The van der Waals surface area contributed by atoms with Crippen LogP contribution in [0.25, 0.3) is 0 Å². The molecule has 0 aliphatic heterocycles. The Morgan fingerprint density at radius 3 is 2.89 bits per heavy atom. The summed E-state index contributed by atoms with van der Waals surface area (Å²) in [6, 6.07) is 6.98. The molecule has 2 heterocycles. The third-order valence-corrected chi connectivity index (χ3v) is 5.18. The van der Waals surface area contributed by atoms with Crippen LogP contribution in [0.5, 0.6) is 5.75 Å². The topological polar surface area (TPSA) is 74.0 Å². The Bertz CT molecular complexity index is 957. The maximum atomic E-state index is 12.3. The van der Waals surface area contributed by atoms with E-state index in [4.69, 9.17) is 16.3 Å². The Labute approximate surface area is 177 Å². The molecule has 0 saturated heterocycles. The monoisotopic (exact) mass is 515 g/mol. The second-order valence-electron chi connectivity index (χ2n) is 5.53. The molecule has 0 aliphatic carbocycles. The molecule has 7 nitrogen and oxygen atoms in total. The standard InChI is InChI=1S/C17H16Br2ClN5O2/c1-2-25-15(12(19)8-22-25)9-21-17(26)14-5-6-24(23-14)10-27-16-4-3-11(18)7-13(16)20/h3-8H,2,9-10H2,1H3,(H,21,26). The number of rotatable bonds is 7. The first-order chi connectivity index (χ1) is 13.0. The number of carbonyl (C=O) groups excluding carboxylic acids is 1. The van der Waals surface area contributed by atoms with Gasteiger partial charge in [0, 0.05) is 17.2 Å². The summed E-state index contributed by atoms with van der Waals surface area (Å²) in [5.74, 6) is 0.269. The molecule has 0 radical (unpaired) electrons. The van der Waals surface area contributed by atoms with Gasteiger partial charge in [0.25, 0.3) is 5.91 Å². The van der Waals surface area contributed by atoms with E-state index in [2.05, 4.69) is 47.4 Å². The highest BCUT2D eigenvalue weighted by atomic mass is 79.9. The number of ether oxygens (including phenoxy) is 1. The number of hydrogen-bond donors (Lipinski definition) is 1. The average Bonchev–Trinajstić information content (AvgIpc) is 3.25. The SMILES string of the molecule is CCn1ncc(Br)c1CNC(=O)c1ccn(COc2ccc(Br)cc2Cl)n1. The second-order valence-corrected chi connectivity index (χ2v) is 7.70. The van der Waals surface area contributed by atoms with Crippen LogP contribution in [0.4, 0.5) is 0 Å². The van der Waals surface area contributed by atoms with E-state index in [1.807, 2.05) is 17.7 Å². The molecule has 2 aromatic heterocycles. The minimum atomic E-state index is -0.272. The molecule has 0 aliphatic rings. The number of nitrogens with one attached hydrogen (secondary N) is 1. The van der Waals surface area contributed by atoms with Gasteiger partial charge in [-0.1, -0.05) is 27.5 Å². The van der Waals surface area contributed by atoms with Gasteiger partial charge in [-0.2, -0.15) is 10.2 Å². The molecule has 3 aromatic rings. The van der Waals surface area contributed by atoms with Crippen LogP contribution in [0.3, 0.4) is 0 Å². The van der Waals surface area contributed by atoms with E-state index >= 15 is 0 Å². The largest absolute Gasteiger partial charge is 0.470 e. The van der Waals surface area contributed by atoms with Gasteiger partial charge in [0.1, 0.15) is 11.4 Å².